The lowest BCUT2D eigenvalue weighted by Gasteiger charge is -2.14. The molecule has 3 rings (SSSR count). The Morgan fingerprint density at radius 3 is 2.36 bits per heavy atom. The van der Waals surface area contributed by atoms with E-state index in [1.165, 1.54) is 12.1 Å². The normalized spacial score (nSPS) is 11.4. The number of sulfonamides is 1. The lowest BCUT2D eigenvalue weighted by molar-refractivity contribution is -0.118. The Bertz CT molecular complexity index is 1180. The first-order chi connectivity index (χ1) is 15.7. The fraction of sp³-hybridized carbons (Fsp3) is 0.240. The van der Waals surface area contributed by atoms with Gasteiger partial charge >= 0.3 is 0 Å². The summed E-state index contributed by atoms with van der Waals surface area (Å²) in [4.78, 5) is 12.5. The highest BCUT2D eigenvalue weighted by atomic mass is 79.9. The van der Waals surface area contributed by atoms with Crippen molar-refractivity contribution in [2.45, 2.75) is 31.1 Å². The number of benzene rings is 3. The van der Waals surface area contributed by atoms with Gasteiger partial charge in [-0.3, -0.25) is 4.79 Å². The van der Waals surface area contributed by atoms with Crippen molar-refractivity contribution < 1.29 is 17.9 Å². The van der Waals surface area contributed by atoms with E-state index in [4.69, 9.17) is 4.74 Å². The van der Waals surface area contributed by atoms with Gasteiger partial charge in [-0.05, 0) is 65.9 Å². The predicted octanol–water partition coefficient (Wildman–Crippen LogP) is 5.11. The highest BCUT2D eigenvalue weighted by molar-refractivity contribution is 9.10. The number of rotatable bonds is 10. The Balaban J connectivity index is 1.53. The van der Waals surface area contributed by atoms with Gasteiger partial charge in [-0.25, -0.2) is 13.1 Å². The van der Waals surface area contributed by atoms with Gasteiger partial charge < -0.3 is 10.1 Å². The molecule has 0 saturated carbocycles. The summed E-state index contributed by atoms with van der Waals surface area (Å²) in [7, 11) is -3.63. The molecule has 174 valence electrons. The number of hydrogen-bond donors (Lipinski definition) is 2. The Hall–Kier alpha value is -2.68. The standard InChI is InChI=1S/C25H27BrN2O4S/c1-18(2)23-16-20(26)8-13-24(23)32-17-25(29)28-21-9-11-22(12-10-21)33(30,31)27-15-14-19-6-4-3-5-7-19/h3-13,16,18,27H,14-15,17H2,1-2H3,(H,28,29). The van der Waals surface area contributed by atoms with Crippen LogP contribution >= 0.6 is 15.9 Å². The maximum absolute atomic E-state index is 12.5. The molecular weight excluding hydrogens is 504 g/mol. The first kappa shape index (κ1) is 25.0. The monoisotopic (exact) mass is 530 g/mol. The van der Waals surface area contributed by atoms with E-state index in [0.717, 1.165) is 15.6 Å². The van der Waals surface area contributed by atoms with E-state index in [2.05, 4.69) is 39.8 Å². The fourth-order valence-electron chi connectivity index (χ4n) is 3.22. The van der Waals surface area contributed by atoms with E-state index >= 15 is 0 Å². The topological polar surface area (TPSA) is 84.5 Å². The molecule has 2 N–H and O–H groups in total. The summed E-state index contributed by atoms with van der Waals surface area (Å²) >= 11 is 3.45. The summed E-state index contributed by atoms with van der Waals surface area (Å²) in [5, 5.41) is 2.73. The van der Waals surface area contributed by atoms with E-state index in [9.17, 15) is 13.2 Å². The van der Waals surface area contributed by atoms with Crippen LogP contribution in [0.5, 0.6) is 5.75 Å². The summed E-state index contributed by atoms with van der Waals surface area (Å²) in [6.45, 7) is 4.26. The zero-order valence-corrected chi connectivity index (χ0v) is 20.9. The molecule has 3 aromatic rings. The van der Waals surface area contributed by atoms with Gasteiger partial charge in [-0.1, -0.05) is 60.1 Å². The van der Waals surface area contributed by atoms with Gasteiger partial charge in [0.1, 0.15) is 5.75 Å². The maximum Gasteiger partial charge on any atom is 0.262 e. The molecule has 0 fully saturated rings. The molecular formula is C25H27BrN2O4S. The van der Waals surface area contributed by atoms with Gasteiger partial charge in [0.05, 0.1) is 4.90 Å². The molecule has 8 heteroatoms. The number of ether oxygens (including phenoxy) is 1. The van der Waals surface area contributed by atoms with Crippen LogP contribution in [-0.4, -0.2) is 27.5 Å². The van der Waals surface area contributed by atoms with Gasteiger partial charge in [-0.2, -0.15) is 0 Å². The largest absolute Gasteiger partial charge is 0.483 e. The first-order valence-corrected chi connectivity index (χ1v) is 12.9. The molecule has 0 bridgehead atoms. The number of carbonyl (C=O) groups is 1. The van der Waals surface area contributed by atoms with E-state index in [1.54, 1.807) is 12.1 Å². The van der Waals surface area contributed by atoms with Crippen molar-refractivity contribution in [3.8, 4) is 5.75 Å². The van der Waals surface area contributed by atoms with Crippen LogP contribution in [0.15, 0.2) is 82.2 Å². The maximum atomic E-state index is 12.5. The second-order valence-electron chi connectivity index (χ2n) is 7.83. The molecule has 0 saturated heterocycles. The molecule has 0 aromatic heterocycles. The van der Waals surface area contributed by atoms with Gasteiger partial charge in [0.25, 0.3) is 5.91 Å². The van der Waals surface area contributed by atoms with Crippen LogP contribution in [0.4, 0.5) is 5.69 Å². The Morgan fingerprint density at radius 2 is 1.70 bits per heavy atom. The van der Waals surface area contributed by atoms with E-state index < -0.39 is 10.0 Å². The van der Waals surface area contributed by atoms with E-state index in [0.29, 0.717) is 24.4 Å². The van der Waals surface area contributed by atoms with Gasteiger partial charge in [-0.15, -0.1) is 0 Å². The smallest absolute Gasteiger partial charge is 0.262 e. The number of halogens is 1. The summed E-state index contributed by atoms with van der Waals surface area (Å²) in [6.07, 6.45) is 0.602. The zero-order valence-electron chi connectivity index (χ0n) is 18.5. The van der Waals surface area contributed by atoms with Crippen molar-refractivity contribution in [2.75, 3.05) is 18.5 Å². The number of carbonyl (C=O) groups excluding carboxylic acids is 1. The van der Waals surface area contributed by atoms with Crippen LogP contribution in [0.2, 0.25) is 0 Å². The summed E-state index contributed by atoms with van der Waals surface area (Å²) < 4.78 is 34.3. The third-order valence-corrected chi connectivity index (χ3v) is 6.92. The Kier molecular flexibility index (Phi) is 8.66. The van der Waals surface area contributed by atoms with Crippen LogP contribution in [0.25, 0.3) is 0 Å². The van der Waals surface area contributed by atoms with Gasteiger partial charge in [0, 0.05) is 16.7 Å². The molecule has 33 heavy (non-hydrogen) atoms. The summed E-state index contributed by atoms with van der Waals surface area (Å²) in [6, 6.07) is 21.4. The third kappa shape index (κ3) is 7.42. The lowest BCUT2D eigenvalue weighted by atomic mass is 10.0. The molecule has 0 atom stereocenters. The molecule has 0 aliphatic heterocycles. The van der Waals surface area contributed by atoms with Crippen molar-refractivity contribution in [1.82, 2.24) is 4.72 Å². The first-order valence-electron chi connectivity index (χ1n) is 10.6. The van der Waals surface area contributed by atoms with Crippen LogP contribution < -0.4 is 14.8 Å². The van der Waals surface area contributed by atoms with Crippen molar-refractivity contribution in [3.63, 3.8) is 0 Å². The minimum absolute atomic E-state index is 0.140. The van der Waals surface area contributed by atoms with Gasteiger partial charge in [0.15, 0.2) is 6.61 Å². The molecule has 0 aliphatic rings. The average Bonchev–Trinajstić information content (AvgIpc) is 2.79. The minimum atomic E-state index is -3.63. The lowest BCUT2D eigenvalue weighted by Crippen LogP contribution is -2.26. The highest BCUT2D eigenvalue weighted by Gasteiger charge is 2.14. The Labute approximate surface area is 203 Å². The minimum Gasteiger partial charge on any atom is -0.483 e. The Morgan fingerprint density at radius 1 is 1.00 bits per heavy atom. The molecule has 1 amide bonds. The zero-order chi connectivity index (χ0) is 23.8. The predicted molar refractivity (Wildman–Crippen MR) is 134 cm³/mol. The summed E-state index contributed by atoms with van der Waals surface area (Å²) in [5.74, 6) is 0.576. The van der Waals surface area contributed by atoms with E-state index in [1.807, 2.05) is 48.5 Å². The average molecular weight is 531 g/mol. The van der Waals surface area contributed by atoms with Crippen molar-refractivity contribution in [1.29, 1.82) is 0 Å². The van der Waals surface area contributed by atoms with Crippen LogP contribution in [0.3, 0.4) is 0 Å². The molecule has 0 radical (unpaired) electrons. The summed E-state index contributed by atoms with van der Waals surface area (Å²) in [5.41, 5.74) is 2.56. The van der Waals surface area contributed by atoms with Crippen molar-refractivity contribution in [3.05, 3.63) is 88.4 Å². The van der Waals surface area contributed by atoms with Crippen molar-refractivity contribution in [2.24, 2.45) is 0 Å². The number of amides is 1. The number of hydrogen-bond acceptors (Lipinski definition) is 4. The van der Waals surface area contributed by atoms with Crippen LogP contribution in [0.1, 0.15) is 30.9 Å². The molecule has 0 heterocycles. The van der Waals surface area contributed by atoms with Crippen molar-refractivity contribution >= 4 is 37.5 Å². The second-order valence-corrected chi connectivity index (χ2v) is 10.5. The SMILES string of the molecule is CC(C)c1cc(Br)ccc1OCC(=O)Nc1ccc(S(=O)(=O)NCCc2ccccc2)cc1. The van der Waals surface area contributed by atoms with E-state index in [-0.39, 0.29) is 23.3 Å². The quantitative estimate of drug-likeness (QED) is 0.381. The molecule has 6 nitrogen and oxygen atoms in total. The van der Waals surface area contributed by atoms with Crippen LogP contribution in [-0.2, 0) is 21.2 Å². The molecule has 0 unspecified atom stereocenters. The molecule has 0 aliphatic carbocycles. The van der Waals surface area contributed by atoms with Gasteiger partial charge in [0.2, 0.25) is 10.0 Å². The second kappa shape index (κ2) is 11.4. The third-order valence-electron chi connectivity index (χ3n) is 4.95. The van der Waals surface area contributed by atoms with Crippen LogP contribution in [0, 0.1) is 0 Å². The highest BCUT2D eigenvalue weighted by Crippen LogP contribution is 2.29. The fourth-order valence-corrected chi connectivity index (χ4v) is 4.63. The number of nitrogens with one attached hydrogen (secondary N) is 2. The molecule has 3 aromatic carbocycles. The molecule has 0 spiro atoms. The number of anilines is 1.